The van der Waals surface area contributed by atoms with Gasteiger partial charge in [-0.1, -0.05) is 222 Å². The van der Waals surface area contributed by atoms with Crippen molar-refractivity contribution in [3.05, 3.63) is 72.9 Å². The first-order valence-electron chi connectivity index (χ1n) is 26.3. The molecule has 0 saturated heterocycles. The standard InChI is InChI=1S/C55H101N2O6P/c1-6-8-10-12-13-14-15-16-17-18-19-20-21-22-23-24-25-26-27-28-29-30-31-32-33-34-35-36-37-38-39-40-41-42-43-45-47-49-55(59)56-53(54(58)48-46-44-11-9-7-2)52-63-64(60,61)62-51-50-57(3,4)5/h8,10,13-14,16-17,19-20,22-23,25-26,53-54,58H,6-7,9,11-12,15,18,21,24,27-52H2,1-5H3,(H-,56,59,60,61)/b10-8-,14-13-,17-16-,20-19-,23-22-,26-25-. The number of carbonyl (C=O) groups excluding carboxylic acids is 1. The summed E-state index contributed by atoms with van der Waals surface area (Å²) in [4.78, 5) is 25.2. The molecule has 0 aliphatic carbocycles. The number of phosphoric ester groups is 1. The van der Waals surface area contributed by atoms with Gasteiger partial charge in [-0.2, -0.15) is 0 Å². The van der Waals surface area contributed by atoms with E-state index in [0.717, 1.165) is 89.9 Å². The number of nitrogens with zero attached hydrogens (tertiary/aromatic N) is 1. The Morgan fingerprint density at radius 2 is 0.953 bits per heavy atom. The van der Waals surface area contributed by atoms with Crippen LogP contribution in [0.4, 0.5) is 0 Å². The van der Waals surface area contributed by atoms with E-state index >= 15 is 0 Å². The van der Waals surface area contributed by atoms with Crippen LogP contribution in [0.3, 0.4) is 0 Å². The number of carbonyl (C=O) groups is 1. The first-order chi connectivity index (χ1) is 31.0. The Morgan fingerprint density at radius 3 is 1.39 bits per heavy atom. The average Bonchev–Trinajstić information content (AvgIpc) is 3.25. The molecule has 1 amide bonds. The van der Waals surface area contributed by atoms with Gasteiger partial charge in [0, 0.05) is 6.42 Å². The number of phosphoric acid groups is 1. The zero-order valence-corrected chi connectivity index (χ0v) is 43.1. The zero-order chi connectivity index (χ0) is 47.1. The third kappa shape index (κ3) is 47.9. The Bertz CT molecular complexity index is 1270. The Hall–Kier alpha value is -2.06. The van der Waals surface area contributed by atoms with Crippen molar-refractivity contribution in [2.75, 3.05) is 40.9 Å². The molecule has 0 radical (unpaired) electrons. The van der Waals surface area contributed by atoms with Crippen LogP contribution >= 0.6 is 7.82 Å². The highest BCUT2D eigenvalue weighted by molar-refractivity contribution is 7.45. The third-order valence-corrected chi connectivity index (χ3v) is 12.4. The fraction of sp³-hybridized carbons (Fsp3) is 0.764. The van der Waals surface area contributed by atoms with Crippen LogP contribution in [0, 0.1) is 0 Å². The summed E-state index contributed by atoms with van der Waals surface area (Å²) in [6.45, 7) is 4.51. The summed E-state index contributed by atoms with van der Waals surface area (Å²) in [7, 11) is 1.30. The smallest absolute Gasteiger partial charge is 0.268 e. The summed E-state index contributed by atoms with van der Waals surface area (Å²) in [5, 5.41) is 13.7. The first-order valence-corrected chi connectivity index (χ1v) is 27.7. The molecule has 0 aliphatic rings. The second kappa shape index (κ2) is 46.1. The molecule has 3 atom stereocenters. The SMILES string of the molecule is CC/C=C\C/C=C\C/C=C\C/C=C\C/C=C\C/C=C\CCCCCCCCCCCCCCCCCCCCC(=O)NC(COP(=O)([O-])OCC[N+](C)(C)C)C(O)CCCCCCC. The van der Waals surface area contributed by atoms with Crippen molar-refractivity contribution in [2.45, 2.75) is 231 Å². The number of unbranched alkanes of at least 4 members (excludes halogenated alkanes) is 22. The second-order valence-electron chi connectivity index (χ2n) is 18.9. The number of amides is 1. The van der Waals surface area contributed by atoms with Crippen LogP contribution in [-0.2, 0) is 18.4 Å². The van der Waals surface area contributed by atoms with Gasteiger partial charge in [0.05, 0.1) is 39.9 Å². The minimum Gasteiger partial charge on any atom is -0.756 e. The quantitative estimate of drug-likeness (QED) is 0.0272. The van der Waals surface area contributed by atoms with E-state index in [0.29, 0.717) is 23.9 Å². The Balaban J connectivity index is 3.78. The molecule has 2 N–H and O–H groups in total. The summed E-state index contributed by atoms with van der Waals surface area (Å²) in [5.41, 5.74) is 0. The normalized spacial score (nSPS) is 14.7. The molecule has 0 fully saturated rings. The van der Waals surface area contributed by atoms with Crippen molar-refractivity contribution < 1.29 is 32.9 Å². The molecular formula is C55H101N2O6P. The van der Waals surface area contributed by atoms with Gasteiger partial charge in [0.25, 0.3) is 7.82 Å². The van der Waals surface area contributed by atoms with Crippen molar-refractivity contribution in [3.8, 4) is 0 Å². The molecule has 0 spiro atoms. The minimum absolute atomic E-state index is 0.0103. The van der Waals surface area contributed by atoms with E-state index in [2.05, 4.69) is 92.1 Å². The van der Waals surface area contributed by atoms with Gasteiger partial charge in [0.15, 0.2) is 0 Å². The maximum atomic E-state index is 12.8. The molecule has 0 aromatic heterocycles. The van der Waals surface area contributed by atoms with E-state index in [1.165, 1.54) is 103 Å². The Kier molecular flexibility index (Phi) is 44.6. The minimum atomic E-state index is -4.55. The number of aliphatic hydroxyl groups excluding tert-OH is 1. The molecule has 0 aromatic carbocycles. The molecule has 372 valence electrons. The number of nitrogens with one attached hydrogen (secondary N) is 1. The number of aliphatic hydroxyl groups is 1. The highest BCUT2D eigenvalue weighted by atomic mass is 31.2. The van der Waals surface area contributed by atoms with Crippen molar-refractivity contribution in [3.63, 3.8) is 0 Å². The lowest BCUT2D eigenvalue weighted by atomic mass is 10.0. The van der Waals surface area contributed by atoms with Gasteiger partial charge in [-0.15, -0.1) is 0 Å². The highest BCUT2D eigenvalue weighted by Gasteiger charge is 2.24. The van der Waals surface area contributed by atoms with E-state index in [9.17, 15) is 19.4 Å². The van der Waals surface area contributed by atoms with Crippen molar-refractivity contribution in [2.24, 2.45) is 0 Å². The largest absolute Gasteiger partial charge is 0.756 e. The van der Waals surface area contributed by atoms with E-state index in [-0.39, 0.29) is 19.1 Å². The van der Waals surface area contributed by atoms with Gasteiger partial charge in [-0.25, -0.2) is 0 Å². The first kappa shape index (κ1) is 61.9. The van der Waals surface area contributed by atoms with Gasteiger partial charge in [-0.3, -0.25) is 9.36 Å². The summed E-state index contributed by atoms with van der Waals surface area (Å²) in [6, 6.07) is -0.797. The van der Waals surface area contributed by atoms with Crippen LogP contribution in [-0.4, -0.2) is 68.5 Å². The lowest BCUT2D eigenvalue weighted by Crippen LogP contribution is -2.46. The van der Waals surface area contributed by atoms with E-state index in [1.54, 1.807) is 0 Å². The van der Waals surface area contributed by atoms with E-state index in [4.69, 9.17) is 9.05 Å². The lowest BCUT2D eigenvalue weighted by Gasteiger charge is -2.30. The average molecular weight is 917 g/mol. The van der Waals surface area contributed by atoms with Gasteiger partial charge in [-0.05, 0) is 64.2 Å². The highest BCUT2D eigenvalue weighted by Crippen LogP contribution is 2.38. The van der Waals surface area contributed by atoms with Gasteiger partial charge in [0.1, 0.15) is 13.2 Å². The second-order valence-corrected chi connectivity index (χ2v) is 20.3. The van der Waals surface area contributed by atoms with Crippen LogP contribution in [0.25, 0.3) is 0 Å². The van der Waals surface area contributed by atoms with Gasteiger partial charge in [0.2, 0.25) is 5.91 Å². The van der Waals surface area contributed by atoms with Crippen LogP contribution in [0.1, 0.15) is 219 Å². The molecule has 0 bridgehead atoms. The van der Waals surface area contributed by atoms with Gasteiger partial charge >= 0.3 is 0 Å². The Labute approximate surface area is 395 Å². The van der Waals surface area contributed by atoms with E-state index < -0.39 is 20.0 Å². The predicted octanol–water partition coefficient (Wildman–Crippen LogP) is 14.9. The fourth-order valence-electron chi connectivity index (χ4n) is 7.34. The maximum absolute atomic E-state index is 12.8. The fourth-order valence-corrected chi connectivity index (χ4v) is 8.06. The summed E-state index contributed by atoms with van der Waals surface area (Å²) < 4.78 is 23.1. The van der Waals surface area contributed by atoms with E-state index in [1.807, 2.05) is 21.1 Å². The molecule has 0 rings (SSSR count). The van der Waals surface area contributed by atoms with Crippen molar-refractivity contribution in [1.29, 1.82) is 0 Å². The molecule has 64 heavy (non-hydrogen) atoms. The van der Waals surface area contributed by atoms with Crippen molar-refractivity contribution >= 4 is 13.7 Å². The summed E-state index contributed by atoms with van der Waals surface area (Å²) >= 11 is 0. The number of rotatable bonds is 47. The molecule has 0 heterocycles. The van der Waals surface area contributed by atoms with Crippen LogP contribution < -0.4 is 10.2 Å². The third-order valence-electron chi connectivity index (χ3n) is 11.5. The number of quaternary nitrogens is 1. The number of hydrogen-bond acceptors (Lipinski definition) is 6. The summed E-state index contributed by atoms with van der Waals surface area (Å²) in [5.74, 6) is -0.172. The lowest BCUT2D eigenvalue weighted by molar-refractivity contribution is -0.870. The molecule has 0 aliphatic heterocycles. The zero-order valence-electron chi connectivity index (χ0n) is 42.2. The molecular weight excluding hydrogens is 816 g/mol. The molecule has 9 heteroatoms. The van der Waals surface area contributed by atoms with Crippen LogP contribution in [0.2, 0.25) is 0 Å². The topological polar surface area (TPSA) is 108 Å². The number of hydrogen-bond donors (Lipinski definition) is 2. The summed E-state index contributed by atoms with van der Waals surface area (Å²) in [6.07, 6.45) is 62.8. The number of allylic oxidation sites excluding steroid dienone is 12. The maximum Gasteiger partial charge on any atom is 0.268 e. The molecule has 0 aromatic rings. The molecule has 3 unspecified atom stereocenters. The van der Waals surface area contributed by atoms with Crippen molar-refractivity contribution in [1.82, 2.24) is 5.32 Å². The molecule has 8 nitrogen and oxygen atoms in total. The van der Waals surface area contributed by atoms with Crippen LogP contribution in [0.15, 0.2) is 72.9 Å². The van der Waals surface area contributed by atoms with Gasteiger partial charge < -0.3 is 28.8 Å². The number of likely N-dealkylation sites (N-methyl/N-ethyl adjacent to an activating group) is 1. The van der Waals surface area contributed by atoms with Crippen LogP contribution in [0.5, 0.6) is 0 Å². The molecule has 0 saturated carbocycles. The predicted molar refractivity (Wildman–Crippen MR) is 274 cm³/mol. The monoisotopic (exact) mass is 917 g/mol. The Morgan fingerprint density at radius 1 is 0.562 bits per heavy atom.